The van der Waals surface area contributed by atoms with Crippen LogP contribution in [0.2, 0.25) is 0 Å². The lowest BCUT2D eigenvalue weighted by molar-refractivity contribution is 0.0547. The molecule has 84 valence electrons. The van der Waals surface area contributed by atoms with Crippen molar-refractivity contribution < 1.29 is 4.74 Å². The summed E-state index contributed by atoms with van der Waals surface area (Å²) in [5.41, 5.74) is 0.646. The van der Waals surface area contributed by atoms with E-state index in [9.17, 15) is 0 Å². The molecule has 0 bridgehead atoms. The van der Waals surface area contributed by atoms with Crippen molar-refractivity contribution >= 4 is 0 Å². The molecule has 1 N–H and O–H groups in total. The molecule has 0 saturated heterocycles. The molecule has 1 aliphatic carbocycles. The number of methoxy groups -OCH3 is 1. The molecule has 0 aliphatic heterocycles. The summed E-state index contributed by atoms with van der Waals surface area (Å²) in [6, 6.07) is 0. The van der Waals surface area contributed by atoms with E-state index in [4.69, 9.17) is 4.74 Å². The van der Waals surface area contributed by atoms with E-state index in [1.807, 2.05) is 7.11 Å². The predicted octanol–water partition coefficient (Wildman–Crippen LogP) is 2.44. The molecule has 0 aromatic heterocycles. The first kappa shape index (κ1) is 12.0. The molecular formula is C12H25NO. The van der Waals surface area contributed by atoms with Crippen LogP contribution in [-0.4, -0.2) is 25.3 Å². The molecule has 0 aromatic rings. The van der Waals surface area contributed by atoms with Gasteiger partial charge in [0.15, 0.2) is 0 Å². The molecule has 14 heavy (non-hydrogen) atoms. The maximum atomic E-state index is 5.41. The molecule has 1 rings (SSSR count). The van der Waals surface area contributed by atoms with Gasteiger partial charge in [-0.2, -0.15) is 0 Å². The standard InChI is InChI=1S/C12H25NO/c1-9(14-6)12(5)7-10(12)8-13-11(2,3)4/h9-10,13H,7-8H2,1-6H3. The van der Waals surface area contributed by atoms with Gasteiger partial charge in [-0.1, -0.05) is 6.92 Å². The molecule has 0 spiro atoms. The van der Waals surface area contributed by atoms with Gasteiger partial charge < -0.3 is 10.1 Å². The number of hydrogen-bond donors (Lipinski definition) is 1. The normalized spacial score (nSPS) is 34.3. The highest BCUT2D eigenvalue weighted by Crippen LogP contribution is 2.55. The van der Waals surface area contributed by atoms with Crippen LogP contribution in [0.25, 0.3) is 0 Å². The monoisotopic (exact) mass is 199 g/mol. The van der Waals surface area contributed by atoms with Crippen LogP contribution in [0, 0.1) is 11.3 Å². The minimum absolute atomic E-state index is 0.236. The first-order valence-electron chi connectivity index (χ1n) is 5.57. The summed E-state index contributed by atoms with van der Waals surface area (Å²) in [5.74, 6) is 0.789. The van der Waals surface area contributed by atoms with E-state index in [1.54, 1.807) is 0 Å². The van der Waals surface area contributed by atoms with Gasteiger partial charge in [-0.3, -0.25) is 0 Å². The fourth-order valence-electron chi connectivity index (χ4n) is 1.97. The maximum absolute atomic E-state index is 5.41. The highest BCUT2D eigenvalue weighted by Gasteiger charge is 2.53. The van der Waals surface area contributed by atoms with E-state index in [0.717, 1.165) is 12.5 Å². The van der Waals surface area contributed by atoms with Gasteiger partial charge in [-0.25, -0.2) is 0 Å². The van der Waals surface area contributed by atoms with Crippen LogP contribution in [0.4, 0.5) is 0 Å². The van der Waals surface area contributed by atoms with Crippen LogP contribution in [0.1, 0.15) is 41.0 Å². The Labute approximate surface area is 88.4 Å². The predicted molar refractivity (Wildman–Crippen MR) is 60.4 cm³/mol. The second-order valence-electron chi connectivity index (χ2n) is 5.92. The first-order valence-corrected chi connectivity index (χ1v) is 5.57. The molecule has 0 radical (unpaired) electrons. The Morgan fingerprint density at radius 1 is 1.50 bits per heavy atom. The van der Waals surface area contributed by atoms with Crippen LogP contribution in [0.5, 0.6) is 0 Å². The van der Waals surface area contributed by atoms with Crippen molar-refractivity contribution in [1.29, 1.82) is 0 Å². The van der Waals surface area contributed by atoms with Crippen molar-refractivity contribution in [2.24, 2.45) is 11.3 Å². The van der Waals surface area contributed by atoms with E-state index in [1.165, 1.54) is 6.42 Å². The van der Waals surface area contributed by atoms with E-state index in [0.29, 0.717) is 11.5 Å². The molecule has 3 atom stereocenters. The van der Waals surface area contributed by atoms with Crippen LogP contribution < -0.4 is 5.32 Å². The lowest BCUT2D eigenvalue weighted by Crippen LogP contribution is -2.38. The van der Waals surface area contributed by atoms with Gasteiger partial charge in [0, 0.05) is 12.6 Å². The smallest absolute Gasteiger partial charge is 0.0600 e. The van der Waals surface area contributed by atoms with Crippen molar-refractivity contribution in [2.75, 3.05) is 13.7 Å². The van der Waals surface area contributed by atoms with Gasteiger partial charge in [0.25, 0.3) is 0 Å². The maximum Gasteiger partial charge on any atom is 0.0600 e. The largest absolute Gasteiger partial charge is 0.381 e. The van der Waals surface area contributed by atoms with E-state index < -0.39 is 0 Å². The van der Waals surface area contributed by atoms with E-state index in [-0.39, 0.29) is 5.54 Å². The molecular weight excluding hydrogens is 174 g/mol. The second kappa shape index (κ2) is 3.82. The molecule has 1 saturated carbocycles. The third-order valence-corrected chi connectivity index (χ3v) is 3.62. The Morgan fingerprint density at radius 3 is 2.50 bits per heavy atom. The Hall–Kier alpha value is -0.0800. The zero-order valence-corrected chi connectivity index (χ0v) is 10.5. The van der Waals surface area contributed by atoms with Gasteiger partial charge >= 0.3 is 0 Å². The molecule has 1 fully saturated rings. The van der Waals surface area contributed by atoms with E-state index >= 15 is 0 Å². The fraction of sp³-hybridized carbons (Fsp3) is 1.00. The third kappa shape index (κ3) is 2.71. The van der Waals surface area contributed by atoms with Crippen molar-refractivity contribution in [3.8, 4) is 0 Å². The molecule has 0 amide bonds. The summed E-state index contributed by atoms with van der Waals surface area (Å²) in [6.45, 7) is 12.3. The SMILES string of the molecule is COC(C)C1(C)CC1CNC(C)(C)C. The lowest BCUT2D eigenvalue weighted by Gasteiger charge is -2.23. The van der Waals surface area contributed by atoms with Gasteiger partial charge in [0.2, 0.25) is 0 Å². The van der Waals surface area contributed by atoms with Crippen LogP contribution in [0.15, 0.2) is 0 Å². The molecule has 0 aromatic carbocycles. The molecule has 1 aliphatic rings. The van der Waals surface area contributed by atoms with Crippen LogP contribution in [-0.2, 0) is 4.74 Å². The van der Waals surface area contributed by atoms with Crippen molar-refractivity contribution in [3.63, 3.8) is 0 Å². The van der Waals surface area contributed by atoms with Gasteiger partial charge in [0.05, 0.1) is 6.10 Å². The highest BCUT2D eigenvalue weighted by molar-refractivity contribution is 5.04. The first-order chi connectivity index (χ1) is 6.29. The molecule has 3 unspecified atom stereocenters. The summed E-state index contributed by atoms with van der Waals surface area (Å²) < 4.78 is 5.41. The number of nitrogens with one attached hydrogen (secondary N) is 1. The summed E-state index contributed by atoms with van der Waals surface area (Å²) in [4.78, 5) is 0. The zero-order valence-electron chi connectivity index (χ0n) is 10.5. The van der Waals surface area contributed by atoms with Crippen molar-refractivity contribution in [1.82, 2.24) is 5.32 Å². The van der Waals surface area contributed by atoms with Crippen molar-refractivity contribution in [2.45, 2.75) is 52.7 Å². The van der Waals surface area contributed by atoms with Crippen LogP contribution in [0.3, 0.4) is 0 Å². The summed E-state index contributed by atoms with van der Waals surface area (Å²) in [6.07, 6.45) is 1.68. The number of hydrogen-bond acceptors (Lipinski definition) is 2. The summed E-state index contributed by atoms with van der Waals surface area (Å²) in [5, 5.41) is 3.56. The Balaban J connectivity index is 2.32. The molecule has 0 heterocycles. The van der Waals surface area contributed by atoms with E-state index in [2.05, 4.69) is 39.9 Å². The van der Waals surface area contributed by atoms with Gasteiger partial charge in [0.1, 0.15) is 0 Å². The third-order valence-electron chi connectivity index (χ3n) is 3.62. The van der Waals surface area contributed by atoms with Crippen LogP contribution >= 0.6 is 0 Å². The average molecular weight is 199 g/mol. The lowest BCUT2D eigenvalue weighted by atomic mass is 9.99. The van der Waals surface area contributed by atoms with Gasteiger partial charge in [-0.05, 0) is 52.0 Å². The minimum atomic E-state index is 0.236. The van der Waals surface area contributed by atoms with Gasteiger partial charge in [-0.15, -0.1) is 0 Å². The number of rotatable bonds is 4. The summed E-state index contributed by atoms with van der Waals surface area (Å²) in [7, 11) is 1.81. The highest BCUT2D eigenvalue weighted by atomic mass is 16.5. The van der Waals surface area contributed by atoms with Crippen molar-refractivity contribution in [3.05, 3.63) is 0 Å². The fourth-order valence-corrected chi connectivity index (χ4v) is 1.97. The average Bonchev–Trinajstić information content (AvgIpc) is 2.73. The topological polar surface area (TPSA) is 21.3 Å². The minimum Gasteiger partial charge on any atom is -0.381 e. The Morgan fingerprint density at radius 2 is 2.07 bits per heavy atom. The number of ether oxygens (including phenoxy) is 1. The molecule has 2 nitrogen and oxygen atoms in total. The zero-order chi connectivity index (χ0) is 11.0. The quantitative estimate of drug-likeness (QED) is 0.751. The Bertz CT molecular complexity index is 197. The molecule has 2 heteroatoms. The Kier molecular flexibility index (Phi) is 3.27. The summed E-state index contributed by atoms with van der Waals surface area (Å²) >= 11 is 0. The second-order valence-corrected chi connectivity index (χ2v) is 5.92.